The number of hydrogen-bond donors (Lipinski definition) is 2. The summed E-state index contributed by atoms with van der Waals surface area (Å²) in [4.78, 5) is 35.0. The Balaban J connectivity index is 1.73. The molecule has 140 valence electrons. The van der Waals surface area contributed by atoms with Crippen LogP contribution in [0.5, 0.6) is 5.75 Å². The van der Waals surface area contributed by atoms with E-state index in [4.69, 9.17) is 9.47 Å². The molecule has 0 aliphatic carbocycles. The monoisotopic (exact) mass is 368 g/mol. The van der Waals surface area contributed by atoms with E-state index < -0.39 is 24.5 Å². The summed E-state index contributed by atoms with van der Waals surface area (Å²) in [5, 5.41) is 4.55. The molecule has 7 heteroatoms. The number of esters is 1. The van der Waals surface area contributed by atoms with Gasteiger partial charge >= 0.3 is 12.0 Å². The van der Waals surface area contributed by atoms with Crippen LogP contribution in [0.3, 0.4) is 0 Å². The predicted molar refractivity (Wildman–Crippen MR) is 101 cm³/mol. The first-order valence-corrected chi connectivity index (χ1v) is 8.12. The standard InChI is InChI=1S/C20H20N2O5/c1-14-3-5-15(6-4-14)7-12-19(24)27-13-18(23)22-20(25)21-16-8-10-17(26-2)11-9-16/h3-12H,13H2,1-2H3,(H2,21,22,23,25)/b12-7+. The fourth-order valence-corrected chi connectivity index (χ4v) is 2.03. The van der Waals surface area contributed by atoms with Crippen molar-refractivity contribution in [3.63, 3.8) is 0 Å². The van der Waals surface area contributed by atoms with Gasteiger partial charge in [0.2, 0.25) is 0 Å². The number of anilines is 1. The van der Waals surface area contributed by atoms with Crippen molar-refractivity contribution < 1.29 is 23.9 Å². The molecule has 2 N–H and O–H groups in total. The first-order chi connectivity index (χ1) is 13.0. The molecule has 0 aliphatic rings. The molecule has 0 saturated heterocycles. The van der Waals surface area contributed by atoms with Gasteiger partial charge in [0.1, 0.15) is 5.75 Å². The minimum Gasteiger partial charge on any atom is -0.497 e. The summed E-state index contributed by atoms with van der Waals surface area (Å²) in [5.41, 5.74) is 2.43. The number of nitrogens with one attached hydrogen (secondary N) is 2. The quantitative estimate of drug-likeness (QED) is 0.604. The van der Waals surface area contributed by atoms with Crippen LogP contribution in [0.15, 0.2) is 54.6 Å². The zero-order valence-electron chi connectivity index (χ0n) is 15.0. The van der Waals surface area contributed by atoms with Crippen molar-refractivity contribution in [3.05, 3.63) is 65.7 Å². The Kier molecular flexibility index (Phi) is 7.13. The van der Waals surface area contributed by atoms with Crippen LogP contribution >= 0.6 is 0 Å². The Morgan fingerprint density at radius 3 is 2.30 bits per heavy atom. The molecule has 0 radical (unpaired) electrons. The number of carbonyl (C=O) groups excluding carboxylic acids is 3. The lowest BCUT2D eigenvalue weighted by atomic mass is 10.1. The number of ether oxygens (including phenoxy) is 2. The Labute approximate surface area is 157 Å². The van der Waals surface area contributed by atoms with Gasteiger partial charge in [-0.15, -0.1) is 0 Å². The third-order valence-corrected chi connectivity index (χ3v) is 3.44. The number of methoxy groups -OCH3 is 1. The minimum absolute atomic E-state index is 0.485. The van der Waals surface area contributed by atoms with E-state index in [9.17, 15) is 14.4 Å². The lowest BCUT2D eigenvalue weighted by molar-refractivity contribution is -0.143. The highest BCUT2D eigenvalue weighted by Gasteiger charge is 2.10. The fraction of sp³-hybridized carbons (Fsp3) is 0.150. The molecule has 0 spiro atoms. The van der Waals surface area contributed by atoms with Gasteiger partial charge in [0.15, 0.2) is 6.61 Å². The van der Waals surface area contributed by atoms with Crippen LogP contribution in [0.25, 0.3) is 6.08 Å². The Morgan fingerprint density at radius 1 is 1.00 bits per heavy atom. The number of hydrogen-bond acceptors (Lipinski definition) is 5. The maximum Gasteiger partial charge on any atom is 0.331 e. The number of amides is 3. The second kappa shape index (κ2) is 9.76. The molecule has 2 rings (SSSR count). The molecule has 0 atom stereocenters. The fourth-order valence-electron chi connectivity index (χ4n) is 2.03. The minimum atomic E-state index is -0.738. The maximum absolute atomic E-state index is 11.7. The second-order valence-electron chi connectivity index (χ2n) is 5.58. The van der Waals surface area contributed by atoms with Gasteiger partial charge in [-0.3, -0.25) is 10.1 Å². The van der Waals surface area contributed by atoms with Crippen LogP contribution in [0.2, 0.25) is 0 Å². The summed E-state index contributed by atoms with van der Waals surface area (Å²) in [6.45, 7) is 1.40. The molecule has 0 unspecified atom stereocenters. The van der Waals surface area contributed by atoms with E-state index in [0.717, 1.165) is 11.1 Å². The lowest BCUT2D eigenvalue weighted by Crippen LogP contribution is -2.37. The van der Waals surface area contributed by atoms with Crippen LogP contribution in [0.1, 0.15) is 11.1 Å². The van der Waals surface area contributed by atoms with Crippen molar-refractivity contribution in [3.8, 4) is 5.75 Å². The van der Waals surface area contributed by atoms with Gasteiger partial charge in [-0.25, -0.2) is 9.59 Å². The predicted octanol–water partition coefficient (Wildman–Crippen LogP) is 2.91. The van der Waals surface area contributed by atoms with Crippen molar-refractivity contribution in [2.45, 2.75) is 6.92 Å². The molecule has 0 bridgehead atoms. The smallest absolute Gasteiger partial charge is 0.331 e. The number of imide groups is 1. The zero-order valence-corrected chi connectivity index (χ0v) is 15.0. The highest BCUT2D eigenvalue weighted by molar-refractivity contribution is 6.02. The molecule has 7 nitrogen and oxygen atoms in total. The summed E-state index contributed by atoms with van der Waals surface area (Å²) in [6.07, 6.45) is 2.80. The number of carbonyl (C=O) groups is 3. The largest absolute Gasteiger partial charge is 0.497 e. The molecule has 27 heavy (non-hydrogen) atoms. The SMILES string of the molecule is COc1ccc(NC(=O)NC(=O)COC(=O)/C=C/c2ccc(C)cc2)cc1. The topological polar surface area (TPSA) is 93.7 Å². The van der Waals surface area contributed by atoms with Gasteiger partial charge in [-0.1, -0.05) is 29.8 Å². The maximum atomic E-state index is 11.7. The van der Waals surface area contributed by atoms with E-state index in [-0.39, 0.29) is 0 Å². The van der Waals surface area contributed by atoms with Gasteiger partial charge in [0.05, 0.1) is 7.11 Å². The summed E-state index contributed by atoms with van der Waals surface area (Å²) in [7, 11) is 1.53. The van der Waals surface area contributed by atoms with Gasteiger partial charge in [-0.2, -0.15) is 0 Å². The van der Waals surface area contributed by atoms with E-state index in [1.165, 1.54) is 13.2 Å². The summed E-state index contributed by atoms with van der Waals surface area (Å²) in [6, 6.07) is 13.4. The molecule has 2 aromatic rings. The number of urea groups is 1. The molecule has 0 aliphatic heterocycles. The van der Waals surface area contributed by atoms with Crippen LogP contribution in [0.4, 0.5) is 10.5 Å². The van der Waals surface area contributed by atoms with E-state index >= 15 is 0 Å². The average Bonchev–Trinajstić information content (AvgIpc) is 2.66. The lowest BCUT2D eigenvalue weighted by Gasteiger charge is -2.07. The Hall–Kier alpha value is -3.61. The average molecular weight is 368 g/mol. The Morgan fingerprint density at radius 2 is 1.67 bits per heavy atom. The molecule has 3 amide bonds. The molecule has 2 aromatic carbocycles. The summed E-state index contributed by atoms with van der Waals surface area (Å²) < 4.78 is 9.81. The third kappa shape index (κ3) is 7.03. The van der Waals surface area contributed by atoms with Crippen molar-refractivity contribution in [1.29, 1.82) is 0 Å². The Bertz CT molecular complexity index is 826. The van der Waals surface area contributed by atoms with E-state index in [1.54, 1.807) is 30.3 Å². The first kappa shape index (κ1) is 19.7. The molecule has 0 aromatic heterocycles. The summed E-state index contributed by atoms with van der Waals surface area (Å²) >= 11 is 0. The normalized spacial score (nSPS) is 10.3. The molecule has 0 heterocycles. The molecular formula is C20H20N2O5. The molecule has 0 saturated carbocycles. The highest BCUT2D eigenvalue weighted by Crippen LogP contribution is 2.14. The van der Waals surface area contributed by atoms with Crippen LogP contribution in [-0.2, 0) is 14.3 Å². The van der Waals surface area contributed by atoms with Gasteiger partial charge < -0.3 is 14.8 Å². The van der Waals surface area contributed by atoms with E-state index in [1.807, 2.05) is 31.2 Å². The van der Waals surface area contributed by atoms with Gasteiger partial charge in [0, 0.05) is 11.8 Å². The van der Waals surface area contributed by atoms with Crippen LogP contribution in [-0.4, -0.2) is 31.6 Å². The highest BCUT2D eigenvalue weighted by atomic mass is 16.5. The van der Waals surface area contributed by atoms with E-state index in [0.29, 0.717) is 11.4 Å². The summed E-state index contributed by atoms with van der Waals surface area (Å²) in [5.74, 6) is -0.776. The van der Waals surface area contributed by atoms with Gasteiger partial charge in [0.25, 0.3) is 5.91 Å². The van der Waals surface area contributed by atoms with Crippen LogP contribution < -0.4 is 15.4 Å². The van der Waals surface area contributed by atoms with Crippen molar-refractivity contribution in [1.82, 2.24) is 5.32 Å². The van der Waals surface area contributed by atoms with Crippen LogP contribution in [0, 0.1) is 6.92 Å². The number of rotatable bonds is 6. The van der Waals surface area contributed by atoms with Crippen molar-refractivity contribution >= 4 is 29.7 Å². The molecule has 0 fully saturated rings. The van der Waals surface area contributed by atoms with Crippen molar-refractivity contribution in [2.75, 3.05) is 19.0 Å². The number of aryl methyl sites for hydroxylation is 1. The van der Waals surface area contributed by atoms with Gasteiger partial charge in [-0.05, 0) is 42.8 Å². The molecular weight excluding hydrogens is 348 g/mol. The zero-order chi connectivity index (χ0) is 19.6. The second-order valence-corrected chi connectivity index (χ2v) is 5.58. The first-order valence-electron chi connectivity index (χ1n) is 8.12. The van der Waals surface area contributed by atoms with E-state index in [2.05, 4.69) is 10.6 Å². The number of benzene rings is 2. The third-order valence-electron chi connectivity index (χ3n) is 3.44. The van der Waals surface area contributed by atoms with Crippen molar-refractivity contribution in [2.24, 2.45) is 0 Å².